The van der Waals surface area contributed by atoms with Gasteiger partial charge in [-0.05, 0) is 6.07 Å². The van der Waals surface area contributed by atoms with Crippen molar-refractivity contribution in [3.05, 3.63) is 53.1 Å². The molecular formula is C20H14O6. The molecule has 0 aromatic heterocycles. The Kier molecular flexibility index (Phi) is 2.68. The summed E-state index contributed by atoms with van der Waals surface area (Å²) in [7, 11) is 0. The lowest BCUT2D eigenvalue weighted by molar-refractivity contribution is -0.0593. The summed E-state index contributed by atoms with van der Waals surface area (Å²) in [6.07, 6.45) is -1.21. The topological polar surface area (TPSA) is 71.1 Å². The van der Waals surface area contributed by atoms with Crippen LogP contribution in [0.2, 0.25) is 0 Å². The Hall–Kier alpha value is -2.86. The SMILES string of the molecule is O=C1c2ccccc2C(=O)C2C1OCC1c3cc4c(cc3OC12)OCO4. The first-order valence-corrected chi connectivity index (χ1v) is 8.61. The van der Waals surface area contributed by atoms with Gasteiger partial charge in [0.2, 0.25) is 6.79 Å². The van der Waals surface area contributed by atoms with Crippen molar-refractivity contribution in [3.63, 3.8) is 0 Å². The van der Waals surface area contributed by atoms with E-state index in [1.165, 1.54) is 0 Å². The molecule has 1 aliphatic carbocycles. The lowest BCUT2D eigenvalue weighted by Crippen LogP contribution is -2.54. The van der Waals surface area contributed by atoms with Gasteiger partial charge in [0.05, 0.1) is 12.5 Å². The van der Waals surface area contributed by atoms with E-state index < -0.39 is 18.1 Å². The van der Waals surface area contributed by atoms with E-state index in [9.17, 15) is 9.59 Å². The number of ether oxygens (including phenoxy) is 4. The fourth-order valence-electron chi connectivity index (χ4n) is 4.50. The molecule has 0 saturated carbocycles. The van der Waals surface area contributed by atoms with Gasteiger partial charge in [-0.2, -0.15) is 0 Å². The summed E-state index contributed by atoms with van der Waals surface area (Å²) in [5, 5.41) is 0. The minimum absolute atomic E-state index is 0.0900. The van der Waals surface area contributed by atoms with E-state index in [2.05, 4.69) is 0 Å². The van der Waals surface area contributed by atoms with Crippen molar-refractivity contribution in [1.82, 2.24) is 0 Å². The first-order chi connectivity index (χ1) is 12.7. The van der Waals surface area contributed by atoms with Crippen LogP contribution < -0.4 is 14.2 Å². The number of hydrogen-bond donors (Lipinski definition) is 0. The number of rotatable bonds is 0. The van der Waals surface area contributed by atoms with Crippen LogP contribution in [-0.4, -0.2) is 37.2 Å². The Bertz CT molecular complexity index is 980. The van der Waals surface area contributed by atoms with Crippen LogP contribution in [0.25, 0.3) is 0 Å². The van der Waals surface area contributed by atoms with E-state index in [0.29, 0.717) is 35.0 Å². The van der Waals surface area contributed by atoms with E-state index in [1.807, 2.05) is 6.07 Å². The second-order valence-corrected chi connectivity index (χ2v) is 6.99. The van der Waals surface area contributed by atoms with Crippen LogP contribution in [0.15, 0.2) is 36.4 Å². The molecule has 0 spiro atoms. The van der Waals surface area contributed by atoms with E-state index >= 15 is 0 Å². The molecule has 4 unspecified atom stereocenters. The fraction of sp³-hybridized carbons (Fsp3) is 0.300. The van der Waals surface area contributed by atoms with Gasteiger partial charge in [-0.15, -0.1) is 0 Å². The molecule has 26 heavy (non-hydrogen) atoms. The maximum Gasteiger partial charge on any atom is 0.231 e. The number of Topliss-reactive ketones (excluding diaryl/α,β-unsaturated/α-hetero) is 2. The Labute approximate surface area is 148 Å². The zero-order chi connectivity index (χ0) is 17.4. The number of fused-ring (bicyclic) bond motifs is 7. The van der Waals surface area contributed by atoms with Gasteiger partial charge < -0.3 is 18.9 Å². The average molecular weight is 350 g/mol. The highest BCUT2D eigenvalue weighted by molar-refractivity contribution is 6.17. The van der Waals surface area contributed by atoms with Crippen LogP contribution in [0.5, 0.6) is 17.2 Å². The van der Waals surface area contributed by atoms with Gasteiger partial charge in [0.15, 0.2) is 23.1 Å². The third kappa shape index (κ3) is 1.69. The molecule has 6 heteroatoms. The molecule has 1 fully saturated rings. The minimum Gasteiger partial charge on any atom is -0.488 e. The summed E-state index contributed by atoms with van der Waals surface area (Å²) in [6, 6.07) is 10.6. The molecule has 4 aliphatic rings. The summed E-state index contributed by atoms with van der Waals surface area (Å²) in [5.74, 6) is 1.00. The highest BCUT2D eigenvalue weighted by Crippen LogP contribution is 2.51. The smallest absolute Gasteiger partial charge is 0.231 e. The van der Waals surface area contributed by atoms with Gasteiger partial charge in [-0.25, -0.2) is 0 Å². The van der Waals surface area contributed by atoms with Crippen LogP contribution in [0, 0.1) is 5.92 Å². The van der Waals surface area contributed by atoms with Crippen LogP contribution in [0.4, 0.5) is 0 Å². The fourth-order valence-corrected chi connectivity index (χ4v) is 4.50. The van der Waals surface area contributed by atoms with Crippen LogP contribution >= 0.6 is 0 Å². The quantitative estimate of drug-likeness (QED) is 0.726. The van der Waals surface area contributed by atoms with Crippen LogP contribution in [0.1, 0.15) is 32.2 Å². The minimum atomic E-state index is -0.785. The lowest BCUT2D eigenvalue weighted by Gasteiger charge is -2.40. The van der Waals surface area contributed by atoms with Gasteiger partial charge >= 0.3 is 0 Å². The molecule has 0 radical (unpaired) electrons. The van der Waals surface area contributed by atoms with Crippen molar-refractivity contribution in [2.24, 2.45) is 5.92 Å². The van der Waals surface area contributed by atoms with Crippen LogP contribution in [-0.2, 0) is 4.74 Å². The predicted octanol–water partition coefficient (Wildman–Crippen LogP) is 2.35. The molecule has 3 heterocycles. The number of ketones is 2. The van der Waals surface area contributed by atoms with E-state index in [1.54, 1.807) is 30.3 Å². The number of benzene rings is 2. The highest BCUT2D eigenvalue weighted by Gasteiger charge is 2.55. The molecule has 3 aliphatic heterocycles. The van der Waals surface area contributed by atoms with Gasteiger partial charge in [0, 0.05) is 28.7 Å². The van der Waals surface area contributed by atoms with Crippen molar-refractivity contribution in [3.8, 4) is 17.2 Å². The van der Waals surface area contributed by atoms with E-state index in [0.717, 1.165) is 5.56 Å². The second-order valence-electron chi connectivity index (χ2n) is 6.99. The zero-order valence-corrected chi connectivity index (χ0v) is 13.6. The highest BCUT2D eigenvalue weighted by atomic mass is 16.7. The first-order valence-electron chi connectivity index (χ1n) is 8.61. The van der Waals surface area contributed by atoms with Crippen molar-refractivity contribution in [2.75, 3.05) is 13.4 Å². The molecular weight excluding hydrogens is 336 g/mol. The average Bonchev–Trinajstić information content (AvgIpc) is 3.27. The van der Waals surface area contributed by atoms with E-state index in [-0.39, 0.29) is 24.3 Å². The summed E-state index contributed by atoms with van der Waals surface area (Å²) in [5.41, 5.74) is 1.84. The number of carbonyl (C=O) groups is 2. The van der Waals surface area contributed by atoms with Gasteiger partial charge in [-0.1, -0.05) is 24.3 Å². The maximum atomic E-state index is 13.1. The Morgan fingerprint density at radius 1 is 0.885 bits per heavy atom. The van der Waals surface area contributed by atoms with Gasteiger partial charge in [0.25, 0.3) is 0 Å². The summed E-state index contributed by atoms with van der Waals surface area (Å²) in [6.45, 7) is 0.525. The summed E-state index contributed by atoms with van der Waals surface area (Å²) in [4.78, 5) is 26.0. The second kappa shape index (κ2) is 4.86. The Balaban J connectivity index is 1.44. The third-order valence-corrected chi connectivity index (χ3v) is 5.72. The monoisotopic (exact) mass is 350 g/mol. The molecule has 0 amide bonds. The summed E-state index contributed by atoms with van der Waals surface area (Å²) >= 11 is 0. The molecule has 6 nitrogen and oxygen atoms in total. The van der Waals surface area contributed by atoms with Crippen molar-refractivity contribution in [2.45, 2.75) is 18.1 Å². The first kappa shape index (κ1) is 14.3. The number of carbonyl (C=O) groups excluding carboxylic acids is 2. The number of hydrogen-bond acceptors (Lipinski definition) is 6. The molecule has 0 N–H and O–H groups in total. The molecule has 2 aromatic rings. The molecule has 0 bridgehead atoms. The third-order valence-electron chi connectivity index (χ3n) is 5.72. The molecule has 6 rings (SSSR count). The van der Waals surface area contributed by atoms with Crippen molar-refractivity contribution < 1.29 is 28.5 Å². The standard InChI is InChI=1S/C20H14O6/c21-17-9-3-1-2-4-10(9)18(22)20-16(17)19-12(7-23-20)11-5-14-15(25-8-24-14)6-13(11)26-19/h1-6,12,16,19-20H,7-8H2. The zero-order valence-electron chi connectivity index (χ0n) is 13.6. The normalized spacial score (nSPS) is 30.2. The molecule has 2 aromatic carbocycles. The maximum absolute atomic E-state index is 13.1. The molecule has 4 atom stereocenters. The molecule has 130 valence electrons. The Morgan fingerprint density at radius 3 is 2.42 bits per heavy atom. The van der Waals surface area contributed by atoms with Crippen molar-refractivity contribution >= 4 is 11.6 Å². The summed E-state index contributed by atoms with van der Waals surface area (Å²) < 4.78 is 22.9. The predicted molar refractivity (Wildman–Crippen MR) is 88.1 cm³/mol. The van der Waals surface area contributed by atoms with Gasteiger partial charge in [0.1, 0.15) is 18.0 Å². The lowest BCUT2D eigenvalue weighted by atomic mass is 9.72. The van der Waals surface area contributed by atoms with Gasteiger partial charge in [-0.3, -0.25) is 9.59 Å². The molecule has 1 saturated heterocycles. The Morgan fingerprint density at radius 2 is 1.62 bits per heavy atom. The van der Waals surface area contributed by atoms with Crippen molar-refractivity contribution in [1.29, 1.82) is 0 Å². The van der Waals surface area contributed by atoms with E-state index in [4.69, 9.17) is 18.9 Å². The largest absolute Gasteiger partial charge is 0.488 e. The van der Waals surface area contributed by atoms with Crippen LogP contribution in [0.3, 0.4) is 0 Å².